The van der Waals surface area contributed by atoms with Crippen LogP contribution in [0.15, 0.2) is 122 Å². The molecule has 0 aliphatic carbocycles. The number of aliphatic carboxylic acids is 1. The minimum atomic E-state index is -1.01. The number of rotatable bonds is 6. The Balaban J connectivity index is 2.00. The summed E-state index contributed by atoms with van der Waals surface area (Å²) >= 11 is 0. The first-order valence-corrected chi connectivity index (χ1v) is 10.1. The second-order valence-corrected chi connectivity index (χ2v) is 7.21. The van der Waals surface area contributed by atoms with E-state index in [0.29, 0.717) is 5.56 Å². The quantitative estimate of drug-likeness (QED) is 0.285. The van der Waals surface area contributed by atoms with Gasteiger partial charge in [-0.25, -0.2) is 4.79 Å². The van der Waals surface area contributed by atoms with Crippen LogP contribution in [0.25, 0.3) is 16.7 Å². The van der Waals surface area contributed by atoms with Gasteiger partial charge in [-0.05, 0) is 39.0 Å². The van der Waals surface area contributed by atoms with E-state index in [9.17, 15) is 9.90 Å². The van der Waals surface area contributed by atoms with Gasteiger partial charge in [-0.1, -0.05) is 122 Å². The first kappa shape index (κ1) is 20.1. The molecule has 150 valence electrons. The number of hydrogen-bond acceptors (Lipinski definition) is 1. The minimum Gasteiger partial charge on any atom is -0.478 e. The van der Waals surface area contributed by atoms with E-state index < -0.39 is 5.97 Å². The maximum absolute atomic E-state index is 11.3. The lowest BCUT2D eigenvalue weighted by atomic mass is 9.85. The number of carbonyl (C=O) groups is 1. The topological polar surface area (TPSA) is 37.3 Å². The molecule has 0 amide bonds. The molecule has 31 heavy (non-hydrogen) atoms. The molecule has 0 aliphatic heterocycles. The second kappa shape index (κ2) is 9.10. The Morgan fingerprint density at radius 3 is 1.10 bits per heavy atom. The number of carboxylic acids is 1. The van der Waals surface area contributed by atoms with Gasteiger partial charge in [-0.2, -0.15) is 0 Å². The van der Waals surface area contributed by atoms with Crippen molar-refractivity contribution in [2.75, 3.05) is 0 Å². The predicted molar refractivity (Wildman–Crippen MR) is 127 cm³/mol. The van der Waals surface area contributed by atoms with Gasteiger partial charge < -0.3 is 5.11 Å². The first-order chi connectivity index (χ1) is 15.1. The van der Waals surface area contributed by atoms with E-state index in [1.165, 1.54) is 0 Å². The molecule has 0 aliphatic rings. The average Bonchev–Trinajstić information content (AvgIpc) is 2.84. The van der Waals surface area contributed by atoms with Crippen molar-refractivity contribution in [3.63, 3.8) is 0 Å². The molecule has 4 rings (SSSR count). The van der Waals surface area contributed by atoms with Crippen LogP contribution >= 0.6 is 0 Å². The molecule has 1 N–H and O–H groups in total. The van der Waals surface area contributed by atoms with Crippen molar-refractivity contribution in [1.29, 1.82) is 0 Å². The second-order valence-electron chi connectivity index (χ2n) is 7.21. The highest BCUT2D eigenvalue weighted by molar-refractivity contribution is 6.14. The highest BCUT2D eigenvalue weighted by Crippen LogP contribution is 2.37. The molecule has 0 saturated carbocycles. The molecule has 0 saturated heterocycles. The lowest BCUT2D eigenvalue weighted by Crippen LogP contribution is -2.00. The maximum atomic E-state index is 11.3. The molecule has 0 atom stereocenters. The van der Waals surface area contributed by atoms with Gasteiger partial charge in [0.1, 0.15) is 0 Å². The highest BCUT2D eigenvalue weighted by atomic mass is 16.4. The third-order valence-corrected chi connectivity index (χ3v) is 5.22. The molecular formula is C29H22O2. The Hall–Kier alpha value is -4.17. The fraction of sp³-hybridized carbons (Fsp3) is 0. The first-order valence-electron chi connectivity index (χ1n) is 10.1. The molecule has 4 aromatic rings. The molecule has 2 heteroatoms. The van der Waals surface area contributed by atoms with Gasteiger partial charge in [0.05, 0.1) is 5.57 Å². The van der Waals surface area contributed by atoms with Crippen LogP contribution in [0, 0.1) is 0 Å². The third-order valence-electron chi connectivity index (χ3n) is 5.22. The summed E-state index contributed by atoms with van der Waals surface area (Å²) in [5.74, 6) is -1.01. The van der Waals surface area contributed by atoms with Crippen molar-refractivity contribution in [2.45, 2.75) is 0 Å². The standard InChI is InChI=1S/C29H22O2/c1-21(29(30)31)22-17-19-26(20-18-22)28(25-15-9-4-10-16-25)27(23-11-5-2-6-12-23)24-13-7-3-8-14-24/h2-20H,1H2,(H,30,31). The van der Waals surface area contributed by atoms with E-state index in [2.05, 4.69) is 43.0 Å². The van der Waals surface area contributed by atoms with Crippen LogP contribution in [0.2, 0.25) is 0 Å². The molecule has 0 fully saturated rings. The molecule has 0 unspecified atom stereocenters. The zero-order chi connectivity index (χ0) is 21.6. The van der Waals surface area contributed by atoms with E-state index in [0.717, 1.165) is 33.4 Å². The zero-order valence-electron chi connectivity index (χ0n) is 17.0. The third kappa shape index (κ3) is 4.39. The van der Waals surface area contributed by atoms with E-state index in [1.807, 2.05) is 78.9 Å². The van der Waals surface area contributed by atoms with Crippen LogP contribution in [0.3, 0.4) is 0 Å². The van der Waals surface area contributed by atoms with Gasteiger partial charge in [0.25, 0.3) is 0 Å². The van der Waals surface area contributed by atoms with E-state index in [-0.39, 0.29) is 5.57 Å². The molecule has 0 radical (unpaired) electrons. The normalized spacial score (nSPS) is 10.3. The lowest BCUT2D eigenvalue weighted by molar-refractivity contribution is -0.130. The number of carboxylic acid groups (broad SMARTS) is 1. The molecule has 2 nitrogen and oxygen atoms in total. The zero-order valence-corrected chi connectivity index (χ0v) is 17.0. The molecular weight excluding hydrogens is 380 g/mol. The summed E-state index contributed by atoms with van der Waals surface area (Å²) in [5, 5.41) is 9.27. The van der Waals surface area contributed by atoms with Crippen molar-refractivity contribution in [2.24, 2.45) is 0 Å². The van der Waals surface area contributed by atoms with Gasteiger partial charge in [-0.3, -0.25) is 0 Å². The summed E-state index contributed by atoms with van der Waals surface area (Å²) < 4.78 is 0. The van der Waals surface area contributed by atoms with Crippen LogP contribution in [0.5, 0.6) is 0 Å². The molecule has 0 heterocycles. The summed E-state index contributed by atoms with van der Waals surface area (Å²) in [7, 11) is 0. The Kier molecular flexibility index (Phi) is 5.91. The van der Waals surface area contributed by atoms with Crippen molar-refractivity contribution in [3.8, 4) is 0 Å². The Morgan fingerprint density at radius 2 is 0.774 bits per heavy atom. The van der Waals surface area contributed by atoms with Gasteiger partial charge in [0, 0.05) is 0 Å². The summed E-state index contributed by atoms with van der Waals surface area (Å²) in [6.45, 7) is 3.68. The molecule has 0 spiro atoms. The van der Waals surface area contributed by atoms with Gasteiger partial charge in [-0.15, -0.1) is 0 Å². The maximum Gasteiger partial charge on any atom is 0.335 e. The summed E-state index contributed by atoms with van der Waals surface area (Å²) in [6.07, 6.45) is 0. The lowest BCUT2D eigenvalue weighted by Gasteiger charge is -2.18. The van der Waals surface area contributed by atoms with Crippen molar-refractivity contribution >= 4 is 22.7 Å². The fourth-order valence-electron chi connectivity index (χ4n) is 3.69. The predicted octanol–water partition coefficient (Wildman–Crippen LogP) is 6.79. The SMILES string of the molecule is C=C(C(=O)O)c1ccc(C(=C(c2ccccc2)c2ccccc2)c2ccccc2)cc1. The Labute approximate surface area is 182 Å². The van der Waals surface area contributed by atoms with Crippen LogP contribution in [0.4, 0.5) is 0 Å². The van der Waals surface area contributed by atoms with Crippen molar-refractivity contribution in [1.82, 2.24) is 0 Å². The van der Waals surface area contributed by atoms with Crippen LogP contribution < -0.4 is 0 Å². The van der Waals surface area contributed by atoms with Crippen LogP contribution in [-0.4, -0.2) is 11.1 Å². The van der Waals surface area contributed by atoms with Crippen LogP contribution in [0.1, 0.15) is 27.8 Å². The fourth-order valence-corrected chi connectivity index (χ4v) is 3.69. The van der Waals surface area contributed by atoms with E-state index in [4.69, 9.17) is 0 Å². The Bertz CT molecular complexity index is 1180. The summed E-state index contributed by atoms with van der Waals surface area (Å²) in [5.41, 5.74) is 7.24. The molecule has 0 bridgehead atoms. The highest BCUT2D eigenvalue weighted by Gasteiger charge is 2.16. The average molecular weight is 402 g/mol. The van der Waals surface area contributed by atoms with Gasteiger partial charge >= 0.3 is 5.97 Å². The monoisotopic (exact) mass is 402 g/mol. The van der Waals surface area contributed by atoms with Crippen molar-refractivity contribution in [3.05, 3.63) is 150 Å². The number of benzene rings is 4. The van der Waals surface area contributed by atoms with Crippen molar-refractivity contribution < 1.29 is 9.90 Å². The van der Waals surface area contributed by atoms with E-state index >= 15 is 0 Å². The Morgan fingerprint density at radius 1 is 0.484 bits per heavy atom. The molecule has 0 aromatic heterocycles. The van der Waals surface area contributed by atoms with Crippen LogP contribution in [-0.2, 0) is 4.79 Å². The number of hydrogen-bond donors (Lipinski definition) is 1. The largest absolute Gasteiger partial charge is 0.478 e. The smallest absolute Gasteiger partial charge is 0.335 e. The van der Waals surface area contributed by atoms with Gasteiger partial charge in [0.15, 0.2) is 0 Å². The minimum absolute atomic E-state index is 0.0862. The summed E-state index contributed by atoms with van der Waals surface area (Å²) in [4.78, 5) is 11.3. The molecule has 4 aromatic carbocycles. The van der Waals surface area contributed by atoms with E-state index in [1.54, 1.807) is 0 Å². The van der Waals surface area contributed by atoms with Gasteiger partial charge in [0.2, 0.25) is 0 Å². The summed E-state index contributed by atoms with van der Waals surface area (Å²) in [6, 6.07) is 38.5.